The van der Waals surface area contributed by atoms with Crippen LogP contribution in [0.1, 0.15) is 28.7 Å². The fourth-order valence-electron chi connectivity index (χ4n) is 1.71. The third-order valence-electron chi connectivity index (χ3n) is 2.58. The Hall–Kier alpha value is -1.27. The minimum Gasteiger partial charge on any atom is -0.397 e. The number of thiophene rings is 1. The van der Waals surface area contributed by atoms with E-state index in [1.165, 1.54) is 29.7 Å². The second kappa shape index (κ2) is 3.47. The van der Waals surface area contributed by atoms with E-state index < -0.39 is 0 Å². The van der Waals surface area contributed by atoms with Crippen LogP contribution in [0, 0.1) is 11.3 Å². The van der Waals surface area contributed by atoms with E-state index in [9.17, 15) is 0 Å². The molecule has 1 heterocycles. The van der Waals surface area contributed by atoms with Crippen molar-refractivity contribution in [2.75, 3.05) is 0 Å². The highest BCUT2D eigenvalue weighted by Gasteiger charge is 2.16. The van der Waals surface area contributed by atoms with Crippen molar-refractivity contribution in [1.29, 1.82) is 5.26 Å². The van der Waals surface area contributed by atoms with Crippen molar-refractivity contribution in [2.24, 2.45) is 5.73 Å². The van der Waals surface area contributed by atoms with Gasteiger partial charge in [-0.05, 0) is 37.8 Å². The zero-order valence-corrected chi connectivity index (χ0v) is 8.95. The molecule has 2 N–H and O–H groups in total. The third-order valence-corrected chi connectivity index (χ3v) is 3.85. The Labute approximate surface area is 87.7 Å². The van der Waals surface area contributed by atoms with Gasteiger partial charge in [0.25, 0.3) is 0 Å². The number of fused-ring (bicyclic) bond motifs is 1. The second-order valence-corrected chi connectivity index (χ2v) is 4.70. The summed E-state index contributed by atoms with van der Waals surface area (Å²) in [5.74, 6) is 0. The van der Waals surface area contributed by atoms with Gasteiger partial charge in [0.2, 0.25) is 0 Å². The fourth-order valence-corrected chi connectivity index (χ4v) is 2.97. The summed E-state index contributed by atoms with van der Waals surface area (Å²) < 4.78 is 0. The van der Waals surface area contributed by atoms with Crippen molar-refractivity contribution in [3.63, 3.8) is 0 Å². The first-order valence-corrected chi connectivity index (χ1v) is 5.52. The zero-order chi connectivity index (χ0) is 10.1. The molecule has 0 fully saturated rings. The first-order valence-electron chi connectivity index (χ1n) is 4.70. The number of hydrogen-bond acceptors (Lipinski definition) is 3. The molecule has 0 bridgehead atoms. The molecule has 1 aromatic heterocycles. The molecule has 0 atom stereocenters. The zero-order valence-electron chi connectivity index (χ0n) is 8.13. The van der Waals surface area contributed by atoms with Gasteiger partial charge in [0.15, 0.2) is 0 Å². The van der Waals surface area contributed by atoms with Gasteiger partial charge in [-0.25, -0.2) is 0 Å². The van der Waals surface area contributed by atoms with Crippen LogP contribution < -0.4 is 5.73 Å². The highest BCUT2D eigenvalue weighted by atomic mass is 32.1. The van der Waals surface area contributed by atoms with E-state index in [4.69, 9.17) is 11.0 Å². The molecule has 1 aromatic rings. The lowest BCUT2D eigenvalue weighted by atomic mass is 10.2. The smallest absolute Gasteiger partial charge is 0.0966 e. The molecule has 0 saturated heterocycles. The number of nitriles is 1. The minimum absolute atomic E-state index is 0.616. The van der Waals surface area contributed by atoms with E-state index in [1.54, 1.807) is 18.3 Å². The van der Waals surface area contributed by atoms with Crippen LogP contribution in [0.25, 0.3) is 5.70 Å². The van der Waals surface area contributed by atoms with E-state index in [-0.39, 0.29) is 0 Å². The molecule has 2 rings (SSSR count). The maximum absolute atomic E-state index is 8.73. The third kappa shape index (κ3) is 1.42. The van der Waals surface area contributed by atoms with Gasteiger partial charge in [0.05, 0.1) is 22.2 Å². The van der Waals surface area contributed by atoms with Crippen LogP contribution in [0.2, 0.25) is 0 Å². The van der Waals surface area contributed by atoms with Crippen molar-refractivity contribution in [3.8, 4) is 6.07 Å². The van der Waals surface area contributed by atoms with E-state index in [1.807, 2.05) is 0 Å². The summed E-state index contributed by atoms with van der Waals surface area (Å²) in [5.41, 5.74) is 8.57. The maximum Gasteiger partial charge on any atom is 0.0966 e. The van der Waals surface area contributed by atoms with E-state index in [0.29, 0.717) is 11.3 Å². The molecule has 0 aromatic carbocycles. The SMILES string of the molecule is C/C(C#N)=C(/N)c1cc2c(s1)CCC2. The summed E-state index contributed by atoms with van der Waals surface area (Å²) in [5, 5.41) is 8.73. The molecular weight excluding hydrogens is 192 g/mol. The van der Waals surface area contributed by atoms with Crippen molar-refractivity contribution in [1.82, 2.24) is 0 Å². The largest absolute Gasteiger partial charge is 0.397 e. The Morgan fingerprint density at radius 1 is 1.57 bits per heavy atom. The summed E-state index contributed by atoms with van der Waals surface area (Å²) in [6, 6.07) is 4.23. The van der Waals surface area contributed by atoms with Gasteiger partial charge in [0.1, 0.15) is 0 Å². The average Bonchev–Trinajstić information content (AvgIpc) is 2.74. The molecule has 72 valence electrons. The van der Waals surface area contributed by atoms with Crippen LogP contribution >= 0.6 is 11.3 Å². The number of nitrogens with two attached hydrogens (primary N) is 1. The molecule has 0 spiro atoms. The lowest BCUT2D eigenvalue weighted by Crippen LogP contribution is -1.96. The Morgan fingerprint density at radius 2 is 2.36 bits per heavy atom. The number of aryl methyl sites for hydroxylation is 2. The van der Waals surface area contributed by atoms with Crippen LogP contribution in [0.15, 0.2) is 11.6 Å². The minimum atomic E-state index is 0.616. The maximum atomic E-state index is 8.73. The second-order valence-electron chi connectivity index (χ2n) is 3.56. The molecule has 1 aliphatic carbocycles. The highest BCUT2D eigenvalue weighted by Crippen LogP contribution is 2.33. The van der Waals surface area contributed by atoms with Gasteiger partial charge in [-0.3, -0.25) is 0 Å². The van der Waals surface area contributed by atoms with E-state index in [2.05, 4.69) is 12.1 Å². The normalized spacial score (nSPS) is 16.0. The molecule has 0 unspecified atom stereocenters. The molecular formula is C11H12N2S. The van der Waals surface area contributed by atoms with Crippen molar-refractivity contribution < 1.29 is 0 Å². The molecule has 14 heavy (non-hydrogen) atoms. The van der Waals surface area contributed by atoms with Crippen LogP contribution in [0.3, 0.4) is 0 Å². The summed E-state index contributed by atoms with van der Waals surface area (Å²) in [6.07, 6.45) is 3.62. The van der Waals surface area contributed by atoms with Gasteiger partial charge in [0, 0.05) is 4.88 Å². The van der Waals surface area contributed by atoms with E-state index in [0.717, 1.165) is 4.88 Å². The van der Waals surface area contributed by atoms with Crippen molar-refractivity contribution >= 4 is 17.0 Å². The van der Waals surface area contributed by atoms with Gasteiger partial charge >= 0.3 is 0 Å². The summed E-state index contributed by atoms with van der Waals surface area (Å²) in [6.45, 7) is 1.76. The molecule has 0 saturated carbocycles. The fraction of sp³-hybridized carbons (Fsp3) is 0.364. The van der Waals surface area contributed by atoms with Gasteiger partial charge < -0.3 is 5.73 Å². The predicted molar refractivity (Wildman–Crippen MR) is 58.7 cm³/mol. The first kappa shape index (κ1) is 9.29. The quantitative estimate of drug-likeness (QED) is 0.714. The molecule has 0 amide bonds. The lowest BCUT2D eigenvalue weighted by molar-refractivity contribution is 0.914. The van der Waals surface area contributed by atoms with Gasteiger partial charge in [-0.2, -0.15) is 5.26 Å². The number of rotatable bonds is 1. The highest BCUT2D eigenvalue weighted by molar-refractivity contribution is 7.13. The predicted octanol–water partition coefficient (Wildman–Crippen LogP) is 2.45. The average molecular weight is 204 g/mol. The molecule has 2 nitrogen and oxygen atoms in total. The topological polar surface area (TPSA) is 49.8 Å². The Kier molecular flexibility index (Phi) is 2.30. The standard InChI is InChI=1S/C11H12N2S/c1-7(6-12)11(13)10-5-8-3-2-4-9(8)14-10/h5H,2-4,13H2,1H3/b11-7-. The number of allylic oxidation sites excluding steroid dienone is 1. The summed E-state index contributed by atoms with van der Waals surface area (Å²) >= 11 is 1.74. The first-order chi connectivity index (χ1) is 6.72. The summed E-state index contributed by atoms with van der Waals surface area (Å²) in [4.78, 5) is 2.52. The van der Waals surface area contributed by atoms with Gasteiger partial charge in [-0.15, -0.1) is 11.3 Å². The molecule has 1 aliphatic rings. The number of nitrogens with zero attached hydrogens (tertiary/aromatic N) is 1. The Bertz CT molecular complexity index is 413. The van der Waals surface area contributed by atoms with Crippen LogP contribution in [-0.4, -0.2) is 0 Å². The summed E-state index contributed by atoms with van der Waals surface area (Å²) in [7, 11) is 0. The van der Waals surface area contributed by atoms with Crippen molar-refractivity contribution in [2.45, 2.75) is 26.2 Å². The van der Waals surface area contributed by atoms with Gasteiger partial charge in [-0.1, -0.05) is 0 Å². The molecule has 3 heteroatoms. The lowest BCUT2D eigenvalue weighted by Gasteiger charge is -1.97. The monoisotopic (exact) mass is 204 g/mol. The van der Waals surface area contributed by atoms with Crippen molar-refractivity contribution in [3.05, 3.63) is 27.0 Å². The van der Waals surface area contributed by atoms with Crippen LogP contribution in [0.5, 0.6) is 0 Å². The van der Waals surface area contributed by atoms with Crippen LogP contribution in [0.4, 0.5) is 0 Å². The molecule has 0 aliphatic heterocycles. The Balaban J connectivity index is 2.40. The number of hydrogen-bond donors (Lipinski definition) is 1. The van der Waals surface area contributed by atoms with E-state index >= 15 is 0 Å². The Morgan fingerprint density at radius 3 is 3.00 bits per heavy atom. The van der Waals surface area contributed by atoms with Crippen LogP contribution in [-0.2, 0) is 12.8 Å². The molecule has 0 radical (unpaired) electrons.